The summed E-state index contributed by atoms with van der Waals surface area (Å²) in [6.07, 6.45) is 3.89. The molecule has 0 heterocycles. The van der Waals surface area contributed by atoms with E-state index in [2.05, 4.69) is 41.3 Å². The van der Waals surface area contributed by atoms with Gasteiger partial charge in [0.25, 0.3) is 0 Å². The number of ether oxygens (including phenoxy) is 1. The van der Waals surface area contributed by atoms with Crippen LogP contribution in [0, 0.1) is 0 Å². The first-order valence-electron chi connectivity index (χ1n) is 12.5. The van der Waals surface area contributed by atoms with Crippen LogP contribution in [0.1, 0.15) is 54.5 Å². The first-order chi connectivity index (χ1) is 17.0. The summed E-state index contributed by atoms with van der Waals surface area (Å²) >= 11 is 6.19. The zero-order valence-corrected chi connectivity index (χ0v) is 21.1. The molecule has 0 aliphatic heterocycles. The van der Waals surface area contributed by atoms with Crippen LogP contribution in [0.2, 0.25) is 5.02 Å². The van der Waals surface area contributed by atoms with E-state index in [0.717, 1.165) is 43.5 Å². The van der Waals surface area contributed by atoms with Gasteiger partial charge in [0.05, 0.1) is 6.10 Å². The summed E-state index contributed by atoms with van der Waals surface area (Å²) in [5.74, 6) is 0.849. The quantitative estimate of drug-likeness (QED) is 0.344. The number of hydrogen-bond donors (Lipinski definition) is 1. The number of Topliss-reactive ketones (excluding diaryl/α,β-unsaturated/α-hetero) is 1. The van der Waals surface area contributed by atoms with Crippen molar-refractivity contribution in [3.05, 3.63) is 100 Å². The highest BCUT2D eigenvalue weighted by Crippen LogP contribution is 2.29. The molecule has 0 spiro atoms. The van der Waals surface area contributed by atoms with Crippen LogP contribution in [-0.4, -0.2) is 35.0 Å². The molecule has 4 rings (SSSR count). The van der Waals surface area contributed by atoms with Crippen LogP contribution in [0.15, 0.2) is 72.8 Å². The van der Waals surface area contributed by atoms with Crippen LogP contribution in [0.25, 0.3) is 0 Å². The van der Waals surface area contributed by atoms with Crippen molar-refractivity contribution in [1.82, 2.24) is 4.90 Å². The van der Waals surface area contributed by atoms with E-state index in [1.54, 1.807) is 0 Å². The lowest BCUT2D eigenvalue weighted by molar-refractivity contribution is -0.120. The molecule has 3 aromatic rings. The van der Waals surface area contributed by atoms with Gasteiger partial charge < -0.3 is 9.84 Å². The maximum Gasteiger partial charge on any atom is 0.169 e. The molecule has 0 bridgehead atoms. The molecule has 0 fully saturated rings. The maximum absolute atomic E-state index is 11.7. The minimum atomic E-state index is -0.630. The molecule has 0 radical (unpaired) electrons. The van der Waals surface area contributed by atoms with Crippen molar-refractivity contribution >= 4 is 17.4 Å². The Kier molecular flexibility index (Phi) is 8.97. The van der Waals surface area contributed by atoms with Gasteiger partial charge in [0.15, 0.2) is 5.78 Å². The van der Waals surface area contributed by atoms with E-state index in [1.807, 2.05) is 43.3 Å². The fourth-order valence-electron chi connectivity index (χ4n) is 4.79. The van der Waals surface area contributed by atoms with Crippen molar-refractivity contribution in [3.63, 3.8) is 0 Å². The number of halogens is 1. The molecule has 0 aromatic heterocycles. The van der Waals surface area contributed by atoms with Gasteiger partial charge >= 0.3 is 0 Å². The number of rotatable bonds is 10. The summed E-state index contributed by atoms with van der Waals surface area (Å²) < 4.78 is 5.77. The number of carbonyl (C=O) groups is 1. The van der Waals surface area contributed by atoms with E-state index in [1.165, 1.54) is 16.7 Å². The van der Waals surface area contributed by atoms with Gasteiger partial charge in [0.2, 0.25) is 0 Å². The predicted octanol–water partition coefficient (Wildman–Crippen LogP) is 6.18. The van der Waals surface area contributed by atoms with Crippen LogP contribution in [0.4, 0.5) is 0 Å². The van der Waals surface area contributed by atoms with Crippen LogP contribution in [0.5, 0.6) is 5.75 Å². The highest BCUT2D eigenvalue weighted by atomic mass is 35.5. The standard InChI is InChI=1S/C30H34ClNO3/c1-2-28(33)21-35-29-15-14-23-10-7-13-27(17-25(23)18-29)32(19-22-8-4-3-5-9-22)20-30(34)24-11-6-12-26(31)16-24/h3-6,8-9,11-12,14-16,18,27,30,34H,2,7,10,13,17,19-21H2,1H3/t27-,30-/m0/s1. The first kappa shape index (κ1) is 25.4. The third-order valence-electron chi connectivity index (χ3n) is 6.80. The number of carbonyl (C=O) groups excluding carboxylic acids is 1. The molecule has 4 nitrogen and oxygen atoms in total. The van der Waals surface area contributed by atoms with Crippen LogP contribution < -0.4 is 4.74 Å². The minimum absolute atomic E-state index is 0.0989. The highest BCUT2D eigenvalue weighted by Gasteiger charge is 2.26. The van der Waals surface area contributed by atoms with Gasteiger partial charge in [-0.1, -0.05) is 67.1 Å². The molecule has 2 atom stereocenters. The molecule has 0 amide bonds. The monoisotopic (exact) mass is 491 g/mol. The second-order valence-electron chi connectivity index (χ2n) is 9.35. The molecule has 0 unspecified atom stereocenters. The number of ketones is 1. The number of benzene rings is 3. The van der Waals surface area contributed by atoms with Gasteiger partial charge in [-0.3, -0.25) is 9.69 Å². The van der Waals surface area contributed by atoms with Gasteiger partial charge in [0.1, 0.15) is 12.4 Å². The third-order valence-corrected chi connectivity index (χ3v) is 7.03. The Labute approximate surface area is 213 Å². The van der Waals surface area contributed by atoms with Gasteiger partial charge in [-0.2, -0.15) is 0 Å². The molecule has 0 saturated carbocycles. The van der Waals surface area contributed by atoms with Crippen molar-refractivity contribution in [2.45, 2.75) is 57.7 Å². The molecule has 3 aromatic carbocycles. The predicted molar refractivity (Wildman–Crippen MR) is 141 cm³/mol. The molecular weight excluding hydrogens is 458 g/mol. The number of fused-ring (bicyclic) bond motifs is 1. The third kappa shape index (κ3) is 7.17. The topological polar surface area (TPSA) is 49.8 Å². The SMILES string of the molecule is CCC(=O)COc1ccc2c(c1)C[C@@H](N(Cc1ccccc1)C[C@H](O)c1cccc(Cl)c1)CCC2. The molecule has 1 N–H and O–H groups in total. The second-order valence-corrected chi connectivity index (χ2v) is 9.78. The lowest BCUT2D eigenvalue weighted by Crippen LogP contribution is -2.39. The maximum atomic E-state index is 11.7. The number of aliphatic hydroxyl groups excluding tert-OH is 1. The van der Waals surface area contributed by atoms with Crippen molar-refractivity contribution < 1.29 is 14.6 Å². The number of nitrogens with zero attached hydrogens (tertiary/aromatic N) is 1. The largest absolute Gasteiger partial charge is 0.486 e. The zero-order chi connectivity index (χ0) is 24.6. The van der Waals surface area contributed by atoms with Gasteiger partial charge in [-0.05, 0) is 72.2 Å². The number of aliphatic hydroxyl groups is 1. The molecule has 5 heteroatoms. The molecule has 1 aliphatic rings. The van der Waals surface area contributed by atoms with E-state index < -0.39 is 6.10 Å². The zero-order valence-electron chi connectivity index (χ0n) is 20.3. The van der Waals surface area contributed by atoms with E-state index >= 15 is 0 Å². The Bertz CT molecular complexity index is 1120. The van der Waals surface area contributed by atoms with Gasteiger partial charge in [0, 0.05) is 30.6 Å². The average Bonchev–Trinajstić information content (AvgIpc) is 3.09. The minimum Gasteiger partial charge on any atom is -0.486 e. The molecular formula is C30H34ClNO3. The molecule has 184 valence electrons. The van der Waals surface area contributed by atoms with E-state index in [0.29, 0.717) is 18.0 Å². The van der Waals surface area contributed by atoms with Crippen molar-refractivity contribution in [1.29, 1.82) is 0 Å². The lowest BCUT2D eigenvalue weighted by atomic mass is 9.99. The van der Waals surface area contributed by atoms with Gasteiger partial charge in [-0.25, -0.2) is 0 Å². The average molecular weight is 492 g/mol. The summed E-state index contributed by atoms with van der Waals surface area (Å²) in [6.45, 7) is 3.26. The number of hydrogen-bond acceptors (Lipinski definition) is 4. The van der Waals surface area contributed by atoms with E-state index in [-0.39, 0.29) is 18.4 Å². The Hall–Kier alpha value is -2.66. The summed E-state index contributed by atoms with van der Waals surface area (Å²) in [4.78, 5) is 14.1. The number of aryl methyl sites for hydroxylation is 1. The normalized spacial score (nSPS) is 16.4. The van der Waals surface area contributed by atoms with Crippen LogP contribution in [-0.2, 0) is 24.2 Å². The molecule has 35 heavy (non-hydrogen) atoms. The van der Waals surface area contributed by atoms with Crippen molar-refractivity contribution in [3.8, 4) is 5.75 Å². The Morgan fingerprint density at radius 3 is 2.69 bits per heavy atom. The second kappa shape index (κ2) is 12.3. The first-order valence-corrected chi connectivity index (χ1v) is 12.9. The summed E-state index contributed by atoms with van der Waals surface area (Å²) in [5, 5.41) is 11.8. The molecule has 0 saturated heterocycles. The lowest BCUT2D eigenvalue weighted by Gasteiger charge is -2.33. The summed E-state index contributed by atoms with van der Waals surface area (Å²) in [6, 6.07) is 24.4. The van der Waals surface area contributed by atoms with Crippen molar-refractivity contribution in [2.75, 3.05) is 13.2 Å². The van der Waals surface area contributed by atoms with E-state index in [9.17, 15) is 9.90 Å². The van der Waals surface area contributed by atoms with Crippen LogP contribution in [0.3, 0.4) is 0 Å². The Morgan fingerprint density at radius 2 is 1.91 bits per heavy atom. The fourth-order valence-corrected chi connectivity index (χ4v) is 4.99. The summed E-state index contributed by atoms with van der Waals surface area (Å²) in [5.41, 5.74) is 4.67. The van der Waals surface area contributed by atoms with Crippen LogP contribution >= 0.6 is 11.6 Å². The Morgan fingerprint density at radius 1 is 1.09 bits per heavy atom. The fraction of sp³-hybridized carbons (Fsp3) is 0.367. The van der Waals surface area contributed by atoms with Crippen molar-refractivity contribution in [2.24, 2.45) is 0 Å². The van der Waals surface area contributed by atoms with Gasteiger partial charge in [-0.15, -0.1) is 0 Å². The summed E-state index contributed by atoms with van der Waals surface area (Å²) in [7, 11) is 0. The van der Waals surface area contributed by atoms with E-state index in [4.69, 9.17) is 16.3 Å². The molecule has 1 aliphatic carbocycles. The highest BCUT2D eigenvalue weighted by molar-refractivity contribution is 6.30. The Balaban J connectivity index is 1.56. The smallest absolute Gasteiger partial charge is 0.169 e.